The summed E-state index contributed by atoms with van der Waals surface area (Å²) >= 11 is 0. The molecule has 14 heavy (non-hydrogen) atoms. The van der Waals surface area contributed by atoms with Crippen molar-refractivity contribution in [3.8, 4) is 0 Å². The Morgan fingerprint density at radius 1 is 1.36 bits per heavy atom. The lowest BCUT2D eigenvalue weighted by Crippen LogP contribution is -2.41. The van der Waals surface area contributed by atoms with Crippen LogP contribution in [0.3, 0.4) is 0 Å². The molecule has 0 aliphatic heterocycles. The van der Waals surface area contributed by atoms with Crippen molar-refractivity contribution in [2.24, 2.45) is 0 Å². The Kier molecular flexibility index (Phi) is 2.64. The van der Waals surface area contributed by atoms with Crippen LogP contribution in [0.2, 0.25) is 0 Å². The molecule has 0 spiro atoms. The Labute approximate surface area is 83.9 Å². The molecule has 0 saturated heterocycles. The number of carbonyl (C=O) groups excluding carboxylic acids is 1. The van der Waals surface area contributed by atoms with Crippen molar-refractivity contribution in [3.63, 3.8) is 0 Å². The first-order valence-electron chi connectivity index (χ1n) is 5.02. The van der Waals surface area contributed by atoms with Gasteiger partial charge in [-0.1, -0.05) is 30.3 Å². The van der Waals surface area contributed by atoms with E-state index in [1.165, 1.54) is 0 Å². The third-order valence-electron chi connectivity index (χ3n) is 2.66. The summed E-state index contributed by atoms with van der Waals surface area (Å²) in [4.78, 5) is 11.4. The van der Waals surface area contributed by atoms with Crippen molar-refractivity contribution in [1.82, 2.24) is 0 Å². The predicted molar refractivity (Wildman–Crippen MR) is 54.2 cm³/mol. The molecule has 2 heteroatoms. The maximum atomic E-state index is 11.4. The monoisotopic (exact) mass is 190 g/mol. The predicted octanol–water partition coefficient (Wildman–Crippen LogP) is 2.15. The van der Waals surface area contributed by atoms with Gasteiger partial charge in [0, 0.05) is 13.0 Å². The van der Waals surface area contributed by atoms with Crippen LogP contribution in [-0.4, -0.2) is 18.5 Å². The Hall–Kier alpha value is -1.15. The minimum absolute atomic E-state index is 0.0175. The number of hydrogen-bond acceptors (Lipinski definition) is 2. The molecule has 1 fully saturated rings. The van der Waals surface area contributed by atoms with Crippen molar-refractivity contribution < 1.29 is 9.53 Å². The molecule has 2 atom stereocenters. The van der Waals surface area contributed by atoms with Gasteiger partial charge in [0.1, 0.15) is 5.78 Å². The average Bonchev–Trinajstić information content (AvgIpc) is 2.19. The number of rotatable bonds is 3. The van der Waals surface area contributed by atoms with Gasteiger partial charge >= 0.3 is 0 Å². The van der Waals surface area contributed by atoms with Crippen LogP contribution in [0.5, 0.6) is 0 Å². The second-order valence-electron chi connectivity index (χ2n) is 3.55. The van der Waals surface area contributed by atoms with Crippen LogP contribution in [0.4, 0.5) is 0 Å². The molecule has 0 amide bonds. The first-order valence-corrected chi connectivity index (χ1v) is 5.02. The largest absolute Gasteiger partial charge is 0.377 e. The first kappa shape index (κ1) is 9.41. The van der Waals surface area contributed by atoms with Crippen LogP contribution in [0.1, 0.15) is 24.8 Å². The Morgan fingerprint density at radius 3 is 2.64 bits per heavy atom. The summed E-state index contributed by atoms with van der Waals surface area (Å²) < 4.78 is 5.49. The first-order chi connectivity index (χ1) is 6.83. The van der Waals surface area contributed by atoms with E-state index in [-0.39, 0.29) is 12.0 Å². The molecule has 0 heterocycles. The van der Waals surface area contributed by atoms with Crippen molar-refractivity contribution in [2.45, 2.75) is 25.4 Å². The van der Waals surface area contributed by atoms with Crippen molar-refractivity contribution in [3.05, 3.63) is 35.9 Å². The fraction of sp³-hybridized carbons (Fsp3) is 0.417. The summed E-state index contributed by atoms with van der Waals surface area (Å²) in [5.74, 6) is 0.283. The van der Waals surface area contributed by atoms with E-state index in [0.717, 1.165) is 5.56 Å². The highest BCUT2D eigenvalue weighted by Gasteiger charge is 2.41. The van der Waals surface area contributed by atoms with E-state index in [1.807, 2.05) is 37.3 Å². The molecule has 0 unspecified atom stereocenters. The Balaban J connectivity index is 2.13. The van der Waals surface area contributed by atoms with E-state index in [9.17, 15) is 4.79 Å². The van der Waals surface area contributed by atoms with Crippen molar-refractivity contribution in [1.29, 1.82) is 0 Å². The van der Waals surface area contributed by atoms with Gasteiger partial charge in [-0.25, -0.2) is 0 Å². The number of benzene rings is 1. The van der Waals surface area contributed by atoms with Crippen LogP contribution in [0, 0.1) is 0 Å². The molecule has 0 bridgehead atoms. The highest BCUT2D eigenvalue weighted by Crippen LogP contribution is 2.35. The number of ether oxygens (including phenoxy) is 1. The SMILES string of the molecule is CCO[C@H]1CC(=O)[C@@H]1c1ccccc1. The fourth-order valence-corrected chi connectivity index (χ4v) is 1.92. The quantitative estimate of drug-likeness (QED) is 0.730. The summed E-state index contributed by atoms with van der Waals surface area (Å²) in [6.07, 6.45) is 0.683. The van der Waals surface area contributed by atoms with Crippen molar-refractivity contribution >= 4 is 5.78 Å². The maximum Gasteiger partial charge on any atom is 0.145 e. The van der Waals surface area contributed by atoms with Gasteiger partial charge in [0.2, 0.25) is 0 Å². The van der Waals surface area contributed by atoms with E-state index in [2.05, 4.69) is 0 Å². The van der Waals surface area contributed by atoms with E-state index in [0.29, 0.717) is 18.8 Å². The minimum atomic E-state index is -0.0175. The normalized spacial score (nSPS) is 25.9. The average molecular weight is 190 g/mol. The topological polar surface area (TPSA) is 26.3 Å². The summed E-state index contributed by atoms with van der Waals surface area (Å²) in [5, 5.41) is 0. The van der Waals surface area contributed by atoms with Gasteiger partial charge in [0.15, 0.2) is 0 Å². The lowest BCUT2D eigenvalue weighted by atomic mass is 9.75. The van der Waals surface area contributed by atoms with E-state index in [4.69, 9.17) is 4.74 Å². The number of hydrogen-bond donors (Lipinski definition) is 0. The number of Topliss-reactive ketones (excluding diaryl/α,β-unsaturated/α-hetero) is 1. The molecular weight excluding hydrogens is 176 g/mol. The summed E-state index contributed by atoms with van der Waals surface area (Å²) in [6, 6.07) is 9.87. The smallest absolute Gasteiger partial charge is 0.145 e. The second-order valence-corrected chi connectivity index (χ2v) is 3.55. The second kappa shape index (κ2) is 3.93. The van der Waals surface area contributed by atoms with Crippen LogP contribution >= 0.6 is 0 Å². The van der Waals surface area contributed by atoms with Crippen molar-refractivity contribution in [2.75, 3.05) is 6.61 Å². The molecule has 0 aromatic heterocycles. The van der Waals surface area contributed by atoms with Gasteiger partial charge in [0.05, 0.1) is 12.0 Å². The molecule has 1 aromatic rings. The van der Waals surface area contributed by atoms with Crippen LogP contribution < -0.4 is 0 Å². The lowest BCUT2D eigenvalue weighted by molar-refractivity contribution is -0.137. The number of ketones is 1. The van der Waals surface area contributed by atoms with Gasteiger partial charge in [0.25, 0.3) is 0 Å². The summed E-state index contributed by atoms with van der Waals surface area (Å²) in [6.45, 7) is 2.64. The Bertz CT molecular complexity index is 318. The van der Waals surface area contributed by atoms with Crippen LogP contribution in [-0.2, 0) is 9.53 Å². The molecule has 1 aromatic carbocycles. The lowest BCUT2D eigenvalue weighted by Gasteiger charge is -2.34. The third-order valence-corrected chi connectivity index (χ3v) is 2.66. The summed E-state index contributed by atoms with van der Waals surface area (Å²) in [7, 11) is 0. The fourth-order valence-electron chi connectivity index (χ4n) is 1.92. The minimum Gasteiger partial charge on any atom is -0.377 e. The van der Waals surface area contributed by atoms with Crippen LogP contribution in [0.15, 0.2) is 30.3 Å². The van der Waals surface area contributed by atoms with Gasteiger partial charge in [-0.05, 0) is 12.5 Å². The molecule has 0 radical (unpaired) electrons. The standard InChI is InChI=1S/C12H14O2/c1-2-14-11-8-10(13)12(11)9-6-4-3-5-7-9/h3-7,11-12H,2,8H2,1H3/t11-,12-/m0/s1. The Morgan fingerprint density at radius 2 is 2.07 bits per heavy atom. The molecule has 74 valence electrons. The van der Waals surface area contributed by atoms with Crippen LogP contribution in [0.25, 0.3) is 0 Å². The molecule has 2 rings (SSSR count). The van der Waals surface area contributed by atoms with Gasteiger partial charge < -0.3 is 4.74 Å². The molecular formula is C12H14O2. The van der Waals surface area contributed by atoms with E-state index < -0.39 is 0 Å². The molecule has 1 saturated carbocycles. The zero-order valence-electron chi connectivity index (χ0n) is 8.27. The van der Waals surface area contributed by atoms with Gasteiger partial charge in [-0.2, -0.15) is 0 Å². The third kappa shape index (κ3) is 1.58. The number of carbonyl (C=O) groups is 1. The maximum absolute atomic E-state index is 11.4. The molecule has 0 N–H and O–H groups in total. The molecule has 1 aliphatic rings. The zero-order chi connectivity index (χ0) is 9.97. The highest BCUT2D eigenvalue weighted by molar-refractivity contribution is 5.93. The van der Waals surface area contributed by atoms with Gasteiger partial charge in [-0.3, -0.25) is 4.79 Å². The van der Waals surface area contributed by atoms with E-state index in [1.54, 1.807) is 0 Å². The zero-order valence-corrected chi connectivity index (χ0v) is 8.27. The summed E-state index contributed by atoms with van der Waals surface area (Å²) in [5.41, 5.74) is 1.09. The van der Waals surface area contributed by atoms with E-state index >= 15 is 0 Å². The molecule has 2 nitrogen and oxygen atoms in total. The van der Waals surface area contributed by atoms with Gasteiger partial charge in [-0.15, -0.1) is 0 Å². The molecule has 1 aliphatic carbocycles. The highest BCUT2D eigenvalue weighted by atomic mass is 16.5.